The van der Waals surface area contributed by atoms with Crippen molar-refractivity contribution in [3.05, 3.63) is 70.8 Å². The molecule has 2 aromatic carbocycles. The molecule has 0 heterocycles. The number of aryl methyl sites for hydroxylation is 2. The van der Waals surface area contributed by atoms with E-state index >= 15 is 0 Å². The van der Waals surface area contributed by atoms with Crippen LogP contribution in [0.5, 0.6) is 0 Å². The van der Waals surface area contributed by atoms with Gasteiger partial charge in [-0.2, -0.15) is 0 Å². The smallest absolute Gasteiger partial charge is 0.0107 e. The van der Waals surface area contributed by atoms with Crippen LogP contribution in [0, 0.1) is 0 Å². The normalized spacial score (nSPS) is 14.7. The molecule has 0 amide bonds. The van der Waals surface area contributed by atoms with Crippen LogP contribution in [0.15, 0.2) is 48.5 Å². The van der Waals surface area contributed by atoms with Crippen LogP contribution >= 0.6 is 0 Å². The number of nitrogens with two attached hydrogens (primary N) is 1. The van der Waals surface area contributed by atoms with E-state index in [-0.39, 0.29) is 0 Å². The number of hydrogen-bond donors (Lipinski definition) is 1. The molecule has 0 aliphatic heterocycles. The molecule has 0 spiro atoms. The van der Waals surface area contributed by atoms with Gasteiger partial charge >= 0.3 is 0 Å². The lowest BCUT2D eigenvalue weighted by atomic mass is 9.86. The maximum Gasteiger partial charge on any atom is 0.0107 e. The Kier molecular flexibility index (Phi) is 3.16. The van der Waals surface area contributed by atoms with Crippen molar-refractivity contribution in [2.24, 2.45) is 5.73 Å². The van der Waals surface area contributed by atoms with E-state index in [1.54, 1.807) is 0 Å². The minimum atomic E-state index is 0.477. The monoisotopic (exact) mass is 237 g/mol. The first-order valence-electron chi connectivity index (χ1n) is 6.76. The van der Waals surface area contributed by atoms with Crippen molar-refractivity contribution in [3.8, 4) is 0 Å². The minimum Gasteiger partial charge on any atom is -0.330 e. The lowest BCUT2D eigenvalue weighted by Gasteiger charge is -2.19. The van der Waals surface area contributed by atoms with Crippen molar-refractivity contribution in [2.45, 2.75) is 25.2 Å². The summed E-state index contributed by atoms with van der Waals surface area (Å²) in [4.78, 5) is 0. The van der Waals surface area contributed by atoms with Gasteiger partial charge in [0.2, 0.25) is 0 Å². The van der Waals surface area contributed by atoms with E-state index in [4.69, 9.17) is 5.73 Å². The number of benzene rings is 2. The topological polar surface area (TPSA) is 26.0 Å². The van der Waals surface area contributed by atoms with Gasteiger partial charge in [0.1, 0.15) is 0 Å². The fourth-order valence-electron chi connectivity index (χ4n) is 3.12. The van der Waals surface area contributed by atoms with E-state index in [9.17, 15) is 0 Å². The summed E-state index contributed by atoms with van der Waals surface area (Å²) in [5.41, 5.74) is 11.8. The van der Waals surface area contributed by atoms with E-state index in [1.807, 2.05) is 0 Å². The number of rotatable bonds is 2. The molecule has 0 fully saturated rings. The van der Waals surface area contributed by atoms with Crippen LogP contribution in [-0.4, -0.2) is 6.54 Å². The Morgan fingerprint density at radius 3 is 1.83 bits per heavy atom. The third kappa shape index (κ3) is 1.95. The van der Waals surface area contributed by atoms with Crippen molar-refractivity contribution >= 4 is 0 Å². The summed E-state index contributed by atoms with van der Waals surface area (Å²) in [7, 11) is 0. The molecule has 0 atom stereocenters. The van der Waals surface area contributed by atoms with E-state index in [2.05, 4.69) is 48.5 Å². The minimum absolute atomic E-state index is 0.477. The van der Waals surface area contributed by atoms with Crippen LogP contribution in [0.25, 0.3) is 0 Å². The van der Waals surface area contributed by atoms with Crippen molar-refractivity contribution in [1.82, 2.24) is 0 Å². The SMILES string of the molecule is NCCC1c2ccccc2CCc2ccccc21. The van der Waals surface area contributed by atoms with Gasteiger partial charge in [0.15, 0.2) is 0 Å². The maximum atomic E-state index is 5.82. The highest BCUT2D eigenvalue weighted by Gasteiger charge is 2.22. The second kappa shape index (κ2) is 4.95. The zero-order chi connectivity index (χ0) is 12.4. The van der Waals surface area contributed by atoms with Crippen LogP contribution in [-0.2, 0) is 12.8 Å². The Labute approximate surface area is 109 Å². The standard InChI is InChI=1S/C17H19N/c18-12-11-17-15-7-3-1-5-13(15)9-10-14-6-2-4-8-16(14)17/h1-8,17H,9-12,18H2. The first-order chi connectivity index (χ1) is 8.90. The molecule has 1 nitrogen and oxygen atoms in total. The molecule has 1 heteroatoms. The second-order valence-electron chi connectivity index (χ2n) is 5.03. The Hall–Kier alpha value is -1.60. The Balaban J connectivity index is 2.15. The second-order valence-corrected chi connectivity index (χ2v) is 5.03. The highest BCUT2D eigenvalue weighted by atomic mass is 14.5. The Morgan fingerprint density at radius 2 is 1.33 bits per heavy atom. The lowest BCUT2D eigenvalue weighted by molar-refractivity contribution is 0.722. The Morgan fingerprint density at radius 1 is 0.833 bits per heavy atom. The number of fused-ring (bicyclic) bond motifs is 2. The molecule has 18 heavy (non-hydrogen) atoms. The average Bonchev–Trinajstić information content (AvgIpc) is 2.58. The van der Waals surface area contributed by atoms with Gasteiger partial charge < -0.3 is 5.73 Å². The largest absolute Gasteiger partial charge is 0.330 e. The Bertz CT molecular complexity index is 497. The van der Waals surface area contributed by atoms with Gasteiger partial charge in [-0.25, -0.2) is 0 Å². The van der Waals surface area contributed by atoms with Gasteiger partial charge in [0.25, 0.3) is 0 Å². The molecule has 0 unspecified atom stereocenters. The van der Waals surface area contributed by atoms with Crippen LogP contribution in [0.4, 0.5) is 0 Å². The van der Waals surface area contributed by atoms with E-state index in [0.717, 1.165) is 25.8 Å². The molecule has 3 rings (SSSR count). The molecular formula is C17H19N. The molecule has 2 N–H and O–H groups in total. The van der Waals surface area contributed by atoms with Crippen LogP contribution in [0.3, 0.4) is 0 Å². The zero-order valence-electron chi connectivity index (χ0n) is 10.6. The molecule has 1 aliphatic carbocycles. The van der Waals surface area contributed by atoms with Crippen molar-refractivity contribution in [3.63, 3.8) is 0 Å². The summed E-state index contributed by atoms with van der Waals surface area (Å²) in [6.45, 7) is 0.743. The van der Waals surface area contributed by atoms with Crippen molar-refractivity contribution in [1.29, 1.82) is 0 Å². The summed E-state index contributed by atoms with van der Waals surface area (Å²) in [5, 5.41) is 0. The molecule has 0 saturated heterocycles. The lowest BCUT2D eigenvalue weighted by Crippen LogP contribution is -2.10. The van der Waals surface area contributed by atoms with Crippen LogP contribution in [0.2, 0.25) is 0 Å². The molecule has 2 aromatic rings. The maximum absolute atomic E-state index is 5.82. The summed E-state index contributed by atoms with van der Waals surface area (Å²) >= 11 is 0. The van der Waals surface area contributed by atoms with Crippen LogP contribution in [0.1, 0.15) is 34.6 Å². The van der Waals surface area contributed by atoms with Gasteiger partial charge in [0.05, 0.1) is 0 Å². The highest BCUT2D eigenvalue weighted by molar-refractivity contribution is 5.44. The summed E-state index contributed by atoms with van der Waals surface area (Å²) in [5.74, 6) is 0.477. The van der Waals surface area contributed by atoms with E-state index < -0.39 is 0 Å². The molecule has 92 valence electrons. The molecule has 0 aromatic heterocycles. The fraction of sp³-hybridized carbons (Fsp3) is 0.294. The first kappa shape index (κ1) is 11.5. The van der Waals surface area contributed by atoms with Gasteiger partial charge in [-0.05, 0) is 48.1 Å². The quantitative estimate of drug-likeness (QED) is 0.852. The van der Waals surface area contributed by atoms with E-state index in [0.29, 0.717) is 5.92 Å². The van der Waals surface area contributed by atoms with Crippen molar-refractivity contribution < 1.29 is 0 Å². The summed E-state index contributed by atoms with van der Waals surface area (Å²) in [6, 6.07) is 17.7. The van der Waals surface area contributed by atoms with E-state index in [1.165, 1.54) is 22.3 Å². The molecule has 0 bridgehead atoms. The predicted molar refractivity (Wildman–Crippen MR) is 75.8 cm³/mol. The molecular weight excluding hydrogens is 218 g/mol. The average molecular weight is 237 g/mol. The summed E-state index contributed by atoms with van der Waals surface area (Å²) < 4.78 is 0. The third-order valence-corrected chi connectivity index (χ3v) is 3.98. The number of hydrogen-bond acceptors (Lipinski definition) is 1. The van der Waals surface area contributed by atoms with Crippen molar-refractivity contribution in [2.75, 3.05) is 6.54 Å². The molecule has 0 saturated carbocycles. The molecule has 1 aliphatic rings. The summed E-state index contributed by atoms with van der Waals surface area (Å²) in [6.07, 6.45) is 3.33. The van der Waals surface area contributed by atoms with Gasteiger partial charge in [-0.3, -0.25) is 0 Å². The molecule has 0 radical (unpaired) electrons. The predicted octanol–water partition coefficient (Wildman–Crippen LogP) is 3.27. The van der Waals surface area contributed by atoms with Crippen LogP contribution < -0.4 is 5.73 Å². The zero-order valence-corrected chi connectivity index (χ0v) is 10.6. The third-order valence-electron chi connectivity index (χ3n) is 3.98. The highest BCUT2D eigenvalue weighted by Crippen LogP contribution is 2.35. The van der Waals surface area contributed by atoms with Gasteiger partial charge in [-0.15, -0.1) is 0 Å². The first-order valence-corrected chi connectivity index (χ1v) is 6.76. The van der Waals surface area contributed by atoms with Gasteiger partial charge in [0, 0.05) is 5.92 Å². The fourth-order valence-corrected chi connectivity index (χ4v) is 3.12. The van der Waals surface area contributed by atoms with Gasteiger partial charge in [-0.1, -0.05) is 48.5 Å².